The van der Waals surface area contributed by atoms with Gasteiger partial charge in [0, 0.05) is 0 Å². The fourth-order valence-electron chi connectivity index (χ4n) is 1.84. The normalized spacial score (nSPS) is 11.5. The molecule has 0 aliphatic heterocycles. The Morgan fingerprint density at radius 3 is 2.74 bits per heavy atom. The molecule has 2 aromatic rings. The first-order chi connectivity index (χ1) is 10.8. The molecule has 1 heterocycles. The van der Waals surface area contributed by atoms with Gasteiger partial charge in [-0.15, -0.1) is 5.10 Å². The lowest BCUT2D eigenvalue weighted by Crippen LogP contribution is -2.34. The van der Waals surface area contributed by atoms with Gasteiger partial charge < -0.3 is 5.32 Å². The SMILES string of the molecule is Cc1ccc(-n2nnnc2SCC(=O)NCC(F)(F)F)c(C)c1. The van der Waals surface area contributed by atoms with E-state index in [1.807, 2.05) is 32.0 Å². The standard InChI is InChI=1S/C13H14F3N5OS/c1-8-3-4-10(9(2)5-8)21-12(18-19-20-21)23-6-11(22)17-7-13(14,15)16/h3-5H,6-7H2,1-2H3,(H,17,22). The maximum absolute atomic E-state index is 12.0. The minimum atomic E-state index is -4.43. The molecule has 0 saturated carbocycles. The second-order valence-electron chi connectivity index (χ2n) is 4.84. The highest BCUT2D eigenvalue weighted by Gasteiger charge is 2.27. The predicted octanol–water partition coefficient (Wildman–Crippen LogP) is 2.05. The number of nitrogens with zero attached hydrogens (tertiary/aromatic N) is 4. The average molecular weight is 345 g/mol. The molecule has 0 fully saturated rings. The molecule has 124 valence electrons. The zero-order valence-electron chi connectivity index (χ0n) is 12.4. The average Bonchev–Trinajstić information content (AvgIpc) is 2.90. The molecule has 1 aromatic heterocycles. The fourth-order valence-corrected chi connectivity index (χ4v) is 2.56. The fraction of sp³-hybridized carbons (Fsp3) is 0.385. The summed E-state index contributed by atoms with van der Waals surface area (Å²) >= 11 is 0.968. The smallest absolute Gasteiger partial charge is 0.346 e. The van der Waals surface area contributed by atoms with Crippen molar-refractivity contribution in [3.8, 4) is 5.69 Å². The van der Waals surface area contributed by atoms with Gasteiger partial charge in [-0.05, 0) is 35.9 Å². The first-order valence-corrected chi connectivity index (χ1v) is 7.57. The molecule has 0 aliphatic rings. The van der Waals surface area contributed by atoms with Crippen molar-refractivity contribution < 1.29 is 18.0 Å². The Hall–Kier alpha value is -2.10. The Balaban J connectivity index is 2.03. The number of tetrazole rings is 1. The van der Waals surface area contributed by atoms with E-state index in [0.717, 1.165) is 28.6 Å². The van der Waals surface area contributed by atoms with Crippen LogP contribution in [0.25, 0.3) is 5.69 Å². The van der Waals surface area contributed by atoms with Gasteiger partial charge in [0.25, 0.3) is 0 Å². The molecular weight excluding hydrogens is 331 g/mol. The van der Waals surface area contributed by atoms with E-state index in [4.69, 9.17) is 0 Å². The number of amides is 1. The Labute approximate surface area is 134 Å². The number of carbonyl (C=O) groups is 1. The van der Waals surface area contributed by atoms with Crippen LogP contribution < -0.4 is 5.32 Å². The van der Waals surface area contributed by atoms with Gasteiger partial charge in [0.1, 0.15) is 6.54 Å². The number of nitrogens with one attached hydrogen (secondary N) is 1. The van der Waals surface area contributed by atoms with E-state index in [0.29, 0.717) is 5.16 Å². The van der Waals surface area contributed by atoms with Gasteiger partial charge in [-0.3, -0.25) is 4.79 Å². The first-order valence-electron chi connectivity index (χ1n) is 6.58. The van der Waals surface area contributed by atoms with Crippen LogP contribution in [-0.4, -0.2) is 44.6 Å². The molecule has 0 aliphatic carbocycles. The number of thioether (sulfide) groups is 1. The maximum atomic E-state index is 12.0. The lowest BCUT2D eigenvalue weighted by Gasteiger charge is -2.09. The van der Waals surface area contributed by atoms with E-state index >= 15 is 0 Å². The Bertz CT molecular complexity index is 701. The summed E-state index contributed by atoms with van der Waals surface area (Å²) in [6.45, 7) is 2.50. The number of carbonyl (C=O) groups excluding carboxylic acids is 1. The molecule has 23 heavy (non-hydrogen) atoms. The number of benzene rings is 1. The van der Waals surface area contributed by atoms with Crippen LogP contribution in [-0.2, 0) is 4.79 Å². The van der Waals surface area contributed by atoms with Crippen LogP contribution in [0.5, 0.6) is 0 Å². The summed E-state index contributed by atoms with van der Waals surface area (Å²) in [6.07, 6.45) is -4.43. The number of aromatic nitrogens is 4. The summed E-state index contributed by atoms with van der Waals surface area (Å²) in [5, 5.41) is 13.4. The molecular formula is C13H14F3N5OS. The Kier molecular flexibility index (Phi) is 5.24. The van der Waals surface area contributed by atoms with E-state index in [9.17, 15) is 18.0 Å². The highest BCUT2D eigenvalue weighted by Crippen LogP contribution is 2.21. The van der Waals surface area contributed by atoms with Crippen LogP contribution in [0.1, 0.15) is 11.1 Å². The molecule has 0 radical (unpaired) electrons. The van der Waals surface area contributed by atoms with Crippen LogP contribution >= 0.6 is 11.8 Å². The van der Waals surface area contributed by atoms with E-state index in [2.05, 4.69) is 15.5 Å². The number of rotatable bonds is 5. The quantitative estimate of drug-likeness (QED) is 0.840. The molecule has 1 N–H and O–H groups in total. The third kappa shape index (κ3) is 4.95. The topological polar surface area (TPSA) is 72.7 Å². The second kappa shape index (κ2) is 6.99. The largest absolute Gasteiger partial charge is 0.405 e. The van der Waals surface area contributed by atoms with Crippen molar-refractivity contribution in [3.63, 3.8) is 0 Å². The van der Waals surface area contributed by atoms with Gasteiger partial charge in [-0.1, -0.05) is 29.5 Å². The third-order valence-corrected chi connectivity index (χ3v) is 3.76. The van der Waals surface area contributed by atoms with Crippen molar-refractivity contribution in [1.82, 2.24) is 25.5 Å². The minimum Gasteiger partial charge on any atom is -0.346 e. The predicted molar refractivity (Wildman–Crippen MR) is 78.4 cm³/mol. The molecule has 0 bridgehead atoms. The van der Waals surface area contributed by atoms with Crippen LogP contribution in [0.2, 0.25) is 0 Å². The van der Waals surface area contributed by atoms with Crippen LogP contribution in [0.4, 0.5) is 13.2 Å². The van der Waals surface area contributed by atoms with Crippen molar-refractivity contribution in [2.24, 2.45) is 0 Å². The minimum absolute atomic E-state index is 0.207. The van der Waals surface area contributed by atoms with Crippen molar-refractivity contribution in [2.75, 3.05) is 12.3 Å². The summed E-state index contributed by atoms with van der Waals surface area (Å²) in [6, 6.07) is 5.70. The van der Waals surface area contributed by atoms with Crippen molar-refractivity contribution >= 4 is 17.7 Å². The lowest BCUT2D eigenvalue weighted by molar-refractivity contribution is -0.136. The summed E-state index contributed by atoms with van der Waals surface area (Å²) in [4.78, 5) is 11.4. The molecule has 2 rings (SSSR count). The van der Waals surface area contributed by atoms with Crippen LogP contribution in [0, 0.1) is 13.8 Å². The monoisotopic (exact) mass is 345 g/mol. The number of hydrogen-bond donors (Lipinski definition) is 1. The number of alkyl halides is 3. The lowest BCUT2D eigenvalue weighted by atomic mass is 10.1. The summed E-state index contributed by atoms with van der Waals surface area (Å²) in [5.74, 6) is -0.941. The molecule has 10 heteroatoms. The maximum Gasteiger partial charge on any atom is 0.405 e. The highest BCUT2D eigenvalue weighted by atomic mass is 32.2. The van der Waals surface area contributed by atoms with E-state index in [1.54, 1.807) is 5.32 Å². The molecule has 1 aromatic carbocycles. The van der Waals surface area contributed by atoms with E-state index in [-0.39, 0.29) is 5.75 Å². The van der Waals surface area contributed by atoms with E-state index < -0.39 is 18.6 Å². The van der Waals surface area contributed by atoms with Crippen molar-refractivity contribution in [2.45, 2.75) is 25.2 Å². The van der Waals surface area contributed by atoms with E-state index in [1.165, 1.54) is 4.68 Å². The van der Waals surface area contributed by atoms with Gasteiger partial charge in [-0.25, -0.2) is 0 Å². The third-order valence-electron chi connectivity index (χ3n) is 2.84. The Morgan fingerprint density at radius 2 is 2.09 bits per heavy atom. The molecule has 6 nitrogen and oxygen atoms in total. The second-order valence-corrected chi connectivity index (χ2v) is 5.79. The molecule has 0 unspecified atom stereocenters. The van der Waals surface area contributed by atoms with Crippen molar-refractivity contribution in [3.05, 3.63) is 29.3 Å². The van der Waals surface area contributed by atoms with Gasteiger partial charge in [0.15, 0.2) is 0 Å². The van der Waals surface area contributed by atoms with Crippen LogP contribution in [0.15, 0.2) is 23.4 Å². The zero-order chi connectivity index (χ0) is 17.0. The summed E-state index contributed by atoms with van der Waals surface area (Å²) in [7, 11) is 0. The van der Waals surface area contributed by atoms with Gasteiger partial charge >= 0.3 is 6.18 Å². The van der Waals surface area contributed by atoms with Gasteiger partial charge in [0.2, 0.25) is 11.1 Å². The van der Waals surface area contributed by atoms with Crippen LogP contribution in [0.3, 0.4) is 0 Å². The molecule has 1 amide bonds. The van der Waals surface area contributed by atoms with Crippen molar-refractivity contribution in [1.29, 1.82) is 0 Å². The molecule has 0 spiro atoms. The number of hydrogen-bond acceptors (Lipinski definition) is 5. The summed E-state index contributed by atoms with van der Waals surface area (Å²) in [5.41, 5.74) is 2.78. The first kappa shape index (κ1) is 17.3. The zero-order valence-corrected chi connectivity index (χ0v) is 13.2. The number of halogens is 3. The molecule has 0 saturated heterocycles. The number of aryl methyl sites for hydroxylation is 2. The molecule has 0 atom stereocenters. The Morgan fingerprint density at radius 1 is 1.35 bits per heavy atom. The summed E-state index contributed by atoms with van der Waals surface area (Å²) < 4.78 is 37.6. The van der Waals surface area contributed by atoms with Gasteiger partial charge in [0.05, 0.1) is 11.4 Å². The highest BCUT2D eigenvalue weighted by molar-refractivity contribution is 7.99. The van der Waals surface area contributed by atoms with Gasteiger partial charge in [-0.2, -0.15) is 17.9 Å².